The van der Waals surface area contributed by atoms with Crippen molar-refractivity contribution in [3.05, 3.63) is 34.4 Å². The number of nitrogens with one attached hydrogen (secondary N) is 2. The molecule has 0 aliphatic carbocycles. The van der Waals surface area contributed by atoms with Gasteiger partial charge in [-0.2, -0.15) is 0 Å². The van der Waals surface area contributed by atoms with E-state index in [-0.39, 0.29) is 11.9 Å². The largest absolute Gasteiger partial charge is 0.383 e. The minimum Gasteiger partial charge on any atom is -0.383 e. The van der Waals surface area contributed by atoms with Crippen molar-refractivity contribution in [2.45, 2.75) is 19.5 Å². The van der Waals surface area contributed by atoms with Crippen LogP contribution in [0.25, 0.3) is 10.9 Å². The number of hydrogen-bond acceptors (Lipinski definition) is 4. The van der Waals surface area contributed by atoms with Crippen LogP contribution in [0.3, 0.4) is 0 Å². The summed E-state index contributed by atoms with van der Waals surface area (Å²) in [4.78, 5) is 17.1. The second kappa shape index (κ2) is 7.36. The Balaban J connectivity index is 1.94. The van der Waals surface area contributed by atoms with E-state index in [2.05, 4.69) is 36.1 Å². The van der Waals surface area contributed by atoms with Crippen molar-refractivity contribution in [3.8, 4) is 0 Å². The van der Waals surface area contributed by atoms with Crippen LogP contribution in [0.2, 0.25) is 0 Å². The van der Waals surface area contributed by atoms with Crippen LogP contribution in [-0.4, -0.2) is 49.2 Å². The number of aliphatic imine (C=N–C) groups is 1. The monoisotopic (exact) mass is 392 g/mol. The minimum atomic E-state index is -0.0908. The van der Waals surface area contributed by atoms with Gasteiger partial charge < -0.3 is 19.9 Å². The lowest BCUT2D eigenvalue weighted by molar-refractivity contribution is 0.0907. The van der Waals surface area contributed by atoms with E-state index < -0.39 is 0 Å². The van der Waals surface area contributed by atoms with Gasteiger partial charge in [0.05, 0.1) is 30.8 Å². The molecule has 2 N–H and O–H groups in total. The van der Waals surface area contributed by atoms with E-state index in [1.54, 1.807) is 7.11 Å². The average Bonchev–Trinajstić information content (AvgIpc) is 3.16. The summed E-state index contributed by atoms with van der Waals surface area (Å²) in [6.45, 7) is 4.72. The van der Waals surface area contributed by atoms with Gasteiger partial charge in [-0.15, -0.1) is 0 Å². The highest BCUT2D eigenvalue weighted by atomic mass is 79.9. The summed E-state index contributed by atoms with van der Waals surface area (Å²) in [6, 6.07) is 5.90. The van der Waals surface area contributed by atoms with E-state index in [1.807, 2.05) is 31.3 Å². The van der Waals surface area contributed by atoms with E-state index in [0.29, 0.717) is 18.7 Å². The number of ether oxygens (including phenoxy) is 1. The van der Waals surface area contributed by atoms with Crippen molar-refractivity contribution in [2.75, 3.05) is 26.8 Å². The molecule has 1 aromatic carbocycles. The molecule has 3 rings (SSSR count). The molecular formula is C17H21BrN4O2. The zero-order chi connectivity index (χ0) is 17.1. The molecule has 2 aromatic rings. The standard InChI is InChI=1S/C17H21BrN4O2/c1-11(10-24-2)21-17(23)14-8-22(9-16-19-5-6-20-16)15-7-12(18)3-4-13(14)15/h3-4,7-8,11H,5-6,9-10H2,1-2H3,(H,19,20)(H,21,23). The molecule has 0 radical (unpaired) electrons. The molecule has 0 saturated heterocycles. The maximum Gasteiger partial charge on any atom is 0.253 e. The first kappa shape index (κ1) is 17.0. The summed E-state index contributed by atoms with van der Waals surface area (Å²) in [5.74, 6) is 0.860. The van der Waals surface area contributed by atoms with Gasteiger partial charge in [-0.25, -0.2) is 0 Å². The molecule has 24 heavy (non-hydrogen) atoms. The molecule has 128 valence electrons. The fraction of sp³-hybridized carbons (Fsp3) is 0.412. The van der Waals surface area contributed by atoms with Gasteiger partial charge in [0.2, 0.25) is 0 Å². The predicted molar refractivity (Wildman–Crippen MR) is 98.7 cm³/mol. The normalized spacial score (nSPS) is 15.2. The Bertz CT molecular complexity index is 784. The Hall–Kier alpha value is -1.86. The Morgan fingerprint density at radius 2 is 2.38 bits per heavy atom. The number of carbonyl (C=O) groups excluding carboxylic acids is 1. The van der Waals surface area contributed by atoms with Crippen LogP contribution < -0.4 is 10.6 Å². The molecule has 0 fully saturated rings. The Morgan fingerprint density at radius 1 is 1.54 bits per heavy atom. The summed E-state index contributed by atoms with van der Waals surface area (Å²) in [5.41, 5.74) is 1.67. The lowest BCUT2D eigenvalue weighted by Gasteiger charge is -2.12. The second-order valence-electron chi connectivity index (χ2n) is 5.92. The van der Waals surface area contributed by atoms with Crippen molar-refractivity contribution >= 4 is 38.6 Å². The van der Waals surface area contributed by atoms with Crippen LogP contribution in [0, 0.1) is 0 Å². The zero-order valence-corrected chi connectivity index (χ0v) is 15.4. The molecule has 6 nitrogen and oxygen atoms in total. The number of methoxy groups -OCH3 is 1. The molecule has 1 aromatic heterocycles. The number of halogens is 1. The Labute approximate surface area is 149 Å². The molecule has 0 spiro atoms. The summed E-state index contributed by atoms with van der Waals surface area (Å²) < 4.78 is 8.13. The first-order valence-corrected chi connectivity index (χ1v) is 8.73. The van der Waals surface area contributed by atoms with Crippen molar-refractivity contribution in [1.29, 1.82) is 0 Å². The molecule has 0 saturated carbocycles. The van der Waals surface area contributed by atoms with E-state index in [9.17, 15) is 4.79 Å². The number of carbonyl (C=O) groups is 1. The third-order valence-corrected chi connectivity index (χ3v) is 4.44. The summed E-state index contributed by atoms with van der Waals surface area (Å²) in [5, 5.41) is 7.18. The maximum atomic E-state index is 12.6. The van der Waals surface area contributed by atoms with Crippen LogP contribution in [0.1, 0.15) is 17.3 Å². The summed E-state index contributed by atoms with van der Waals surface area (Å²) in [7, 11) is 1.63. The van der Waals surface area contributed by atoms with Gasteiger partial charge in [0.1, 0.15) is 5.84 Å². The summed E-state index contributed by atoms with van der Waals surface area (Å²) in [6.07, 6.45) is 1.90. The van der Waals surface area contributed by atoms with E-state index in [0.717, 1.165) is 34.3 Å². The van der Waals surface area contributed by atoms with Crippen LogP contribution in [0.15, 0.2) is 33.9 Å². The van der Waals surface area contributed by atoms with Gasteiger partial charge in [-0.05, 0) is 19.1 Å². The molecular weight excluding hydrogens is 372 g/mol. The topological polar surface area (TPSA) is 67.6 Å². The number of aromatic nitrogens is 1. The van der Waals surface area contributed by atoms with Crippen LogP contribution in [0.5, 0.6) is 0 Å². The molecule has 7 heteroatoms. The molecule has 0 bridgehead atoms. The zero-order valence-electron chi connectivity index (χ0n) is 13.8. The van der Waals surface area contributed by atoms with Crippen LogP contribution >= 0.6 is 15.9 Å². The Kier molecular flexibility index (Phi) is 5.20. The number of rotatable bonds is 6. The van der Waals surface area contributed by atoms with Gasteiger partial charge in [0, 0.05) is 35.8 Å². The smallest absolute Gasteiger partial charge is 0.253 e. The van der Waals surface area contributed by atoms with E-state index in [4.69, 9.17) is 4.74 Å². The van der Waals surface area contributed by atoms with E-state index >= 15 is 0 Å². The fourth-order valence-corrected chi connectivity index (χ4v) is 3.23. The molecule has 1 unspecified atom stereocenters. The van der Waals surface area contributed by atoms with Crippen LogP contribution in [-0.2, 0) is 11.3 Å². The molecule has 1 amide bonds. The number of amidine groups is 1. The highest BCUT2D eigenvalue weighted by Gasteiger charge is 2.18. The molecule has 1 aliphatic heterocycles. The first-order valence-electron chi connectivity index (χ1n) is 7.94. The highest BCUT2D eigenvalue weighted by Crippen LogP contribution is 2.25. The average molecular weight is 393 g/mol. The molecule has 2 heterocycles. The number of benzene rings is 1. The second-order valence-corrected chi connectivity index (χ2v) is 6.83. The number of nitrogens with zero attached hydrogens (tertiary/aromatic N) is 2. The van der Waals surface area contributed by atoms with Crippen LogP contribution in [0.4, 0.5) is 0 Å². The third kappa shape index (κ3) is 3.62. The number of hydrogen-bond donors (Lipinski definition) is 2. The van der Waals surface area contributed by atoms with Gasteiger partial charge in [-0.3, -0.25) is 9.79 Å². The lowest BCUT2D eigenvalue weighted by atomic mass is 10.1. The SMILES string of the molecule is COCC(C)NC(=O)c1cn(CC2=NCCN2)c2cc(Br)ccc12. The quantitative estimate of drug-likeness (QED) is 0.791. The minimum absolute atomic E-state index is 0.0442. The third-order valence-electron chi connectivity index (χ3n) is 3.95. The van der Waals surface area contributed by atoms with E-state index in [1.165, 1.54) is 0 Å². The van der Waals surface area contributed by atoms with Gasteiger partial charge >= 0.3 is 0 Å². The maximum absolute atomic E-state index is 12.6. The molecule has 1 aliphatic rings. The van der Waals surface area contributed by atoms with Crippen molar-refractivity contribution in [1.82, 2.24) is 15.2 Å². The number of amides is 1. The Morgan fingerprint density at radius 3 is 3.08 bits per heavy atom. The van der Waals surface area contributed by atoms with Gasteiger partial charge in [0.25, 0.3) is 5.91 Å². The van der Waals surface area contributed by atoms with Gasteiger partial charge in [-0.1, -0.05) is 22.0 Å². The fourth-order valence-electron chi connectivity index (χ4n) is 2.88. The van der Waals surface area contributed by atoms with Crippen molar-refractivity contribution in [3.63, 3.8) is 0 Å². The first-order chi connectivity index (χ1) is 11.6. The predicted octanol–water partition coefficient (Wildman–Crippen LogP) is 2.17. The molecule has 1 atom stereocenters. The number of fused-ring (bicyclic) bond motifs is 1. The lowest BCUT2D eigenvalue weighted by Crippen LogP contribution is -2.35. The van der Waals surface area contributed by atoms with Crippen molar-refractivity contribution in [2.24, 2.45) is 4.99 Å². The highest BCUT2D eigenvalue weighted by molar-refractivity contribution is 9.10. The summed E-state index contributed by atoms with van der Waals surface area (Å²) >= 11 is 3.51. The van der Waals surface area contributed by atoms with Gasteiger partial charge in [0.15, 0.2) is 0 Å². The van der Waals surface area contributed by atoms with Crippen molar-refractivity contribution < 1.29 is 9.53 Å².